The first-order chi connectivity index (χ1) is 10.1. The van der Waals surface area contributed by atoms with Crippen molar-refractivity contribution in [3.05, 3.63) is 23.8 Å². The number of ether oxygens (including phenoxy) is 1. The summed E-state index contributed by atoms with van der Waals surface area (Å²) in [6.45, 7) is 2.86. The minimum Gasteiger partial charge on any atom is -0.384 e. The van der Waals surface area contributed by atoms with Crippen LogP contribution in [-0.2, 0) is 21.2 Å². The van der Waals surface area contributed by atoms with E-state index in [4.69, 9.17) is 4.74 Å². The summed E-state index contributed by atoms with van der Waals surface area (Å²) in [6, 6.07) is 5.39. The summed E-state index contributed by atoms with van der Waals surface area (Å²) in [5, 5.41) is 3.23. The molecule has 0 amide bonds. The molecule has 1 aromatic carbocycles. The molecule has 1 atom stereocenters. The summed E-state index contributed by atoms with van der Waals surface area (Å²) >= 11 is 0. The highest BCUT2D eigenvalue weighted by Crippen LogP contribution is 2.27. The summed E-state index contributed by atoms with van der Waals surface area (Å²) < 4.78 is 32.2. The summed E-state index contributed by atoms with van der Waals surface area (Å²) in [5.41, 5.74) is 2.14. The van der Waals surface area contributed by atoms with Crippen LogP contribution in [-0.4, -0.2) is 46.1 Å². The number of fused-ring (bicyclic) bond motifs is 1. The third kappa shape index (κ3) is 3.07. The number of hydrogen-bond acceptors (Lipinski definition) is 4. The largest absolute Gasteiger partial charge is 0.384 e. The van der Waals surface area contributed by atoms with Crippen LogP contribution in [0.4, 0.5) is 5.69 Å². The third-order valence-electron chi connectivity index (χ3n) is 4.27. The van der Waals surface area contributed by atoms with Crippen LogP contribution in [0.15, 0.2) is 23.1 Å². The molecule has 3 rings (SSSR count). The van der Waals surface area contributed by atoms with Crippen molar-refractivity contribution in [2.24, 2.45) is 5.92 Å². The molecule has 6 heteroatoms. The van der Waals surface area contributed by atoms with E-state index in [0.29, 0.717) is 24.0 Å². The second-order valence-electron chi connectivity index (χ2n) is 5.86. The van der Waals surface area contributed by atoms with Gasteiger partial charge >= 0.3 is 0 Å². The van der Waals surface area contributed by atoms with E-state index >= 15 is 0 Å². The van der Waals surface area contributed by atoms with Crippen molar-refractivity contribution >= 4 is 15.7 Å². The molecular weight excluding hydrogens is 288 g/mol. The van der Waals surface area contributed by atoms with Crippen LogP contribution in [0.5, 0.6) is 0 Å². The van der Waals surface area contributed by atoms with Gasteiger partial charge in [0.15, 0.2) is 0 Å². The molecule has 1 aromatic rings. The molecule has 1 N–H and O–H groups in total. The fourth-order valence-corrected chi connectivity index (χ4v) is 4.30. The number of anilines is 1. The highest BCUT2D eigenvalue weighted by Gasteiger charge is 2.26. The van der Waals surface area contributed by atoms with Crippen molar-refractivity contribution < 1.29 is 13.2 Å². The summed E-state index contributed by atoms with van der Waals surface area (Å²) in [6.07, 6.45) is 3.01. The molecule has 0 aliphatic carbocycles. The Labute approximate surface area is 126 Å². The molecule has 1 unspecified atom stereocenters. The Hall–Kier alpha value is -1.11. The van der Waals surface area contributed by atoms with Gasteiger partial charge in [-0.2, -0.15) is 0 Å². The van der Waals surface area contributed by atoms with Crippen LogP contribution < -0.4 is 5.32 Å². The summed E-state index contributed by atoms with van der Waals surface area (Å²) in [5.74, 6) is 0.297. The Morgan fingerprint density at radius 2 is 2.29 bits per heavy atom. The highest BCUT2D eigenvalue weighted by molar-refractivity contribution is 7.89. The van der Waals surface area contributed by atoms with E-state index in [-0.39, 0.29) is 0 Å². The smallest absolute Gasteiger partial charge is 0.242 e. The predicted octanol–water partition coefficient (Wildman–Crippen LogP) is 1.70. The van der Waals surface area contributed by atoms with Crippen molar-refractivity contribution in [1.29, 1.82) is 0 Å². The van der Waals surface area contributed by atoms with Gasteiger partial charge in [-0.1, -0.05) is 6.07 Å². The molecule has 21 heavy (non-hydrogen) atoms. The molecule has 0 bridgehead atoms. The molecule has 1 fully saturated rings. The van der Waals surface area contributed by atoms with Gasteiger partial charge < -0.3 is 10.1 Å². The van der Waals surface area contributed by atoms with Crippen molar-refractivity contribution in [3.8, 4) is 0 Å². The molecule has 0 spiro atoms. The van der Waals surface area contributed by atoms with E-state index in [0.717, 1.165) is 38.1 Å². The summed E-state index contributed by atoms with van der Waals surface area (Å²) in [4.78, 5) is 0.370. The maximum absolute atomic E-state index is 12.7. The average molecular weight is 310 g/mol. The van der Waals surface area contributed by atoms with E-state index in [2.05, 4.69) is 5.32 Å². The Kier molecular flexibility index (Phi) is 4.19. The first kappa shape index (κ1) is 14.8. The quantitative estimate of drug-likeness (QED) is 0.919. The number of hydrogen-bond donors (Lipinski definition) is 1. The maximum atomic E-state index is 12.7. The van der Waals surface area contributed by atoms with Gasteiger partial charge in [0.2, 0.25) is 10.0 Å². The molecule has 2 heterocycles. The molecule has 0 saturated carbocycles. The first-order valence-corrected chi connectivity index (χ1v) is 8.92. The number of nitrogens with one attached hydrogen (secondary N) is 1. The molecule has 1 saturated heterocycles. The van der Waals surface area contributed by atoms with Gasteiger partial charge in [-0.25, -0.2) is 12.7 Å². The second-order valence-corrected chi connectivity index (χ2v) is 7.91. The van der Waals surface area contributed by atoms with Crippen molar-refractivity contribution in [2.75, 3.05) is 38.7 Å². The Bertz CT molecular complexity index is 609. The molecule has 116 valence electrons. The van der Waals surface area contributed by atoms with Crippen LogP contribution in [0.3, 0.4) is 0 Å². The minimum atomic E-state index is -3.42. The van der Waals surface area contributed by atoms with Crippen LogP contribution in [0.25, 0.3) is 0 Å². The van der Waals surface area contributed by atoms with Gasteiger partial charge in [0.25, 0.3) is 0 Å². The van der Waals surface area contributed by atoms with E-state index in [1.54, 1.807) is 19.2 Å². The van der Waals surface area contributed by atoms with Gasteiger partial charge in [-0.3, -0.25) is 0 Å². The van der Waals surface area contributed by atoms with Crippen LogP contribution in [0, 0.1) is 5.92 Å². The van der Waals surface area contributed by atoms with Gasteiger partial charge in [0, 0.05) is 32.4 Å². The zero-order chi connectivity index (χ0) is 14.9. The SMILES string of the molecule is CN(CC1CCCOC1)S(=O)(=O)c1ccc2c(c1)NCC2. The molecule has 2 aliphatic heterocycles. The zero-order valence-corrected chi connectivity index (χ0v) is 13.2. The number of sulfonamides is 1. The summed E-state index contributed by atoms with van der Waals surface area (Å²) in [7, 11) is -1.76. The Morgan fingerprint density at radius 1 is 1.43 bits per heavy atom. The Morgan fingerprint density at radius 3 is 3.05 bits per heavy atom. The number of benzene rings is 1. The lowest BCUT2D eigenvalue weighted by Gasteiger charge is -2.26. The molecule has 2 aliphatic rings. The monoisotopic (exact) mass is 310 g/mol. The third-order valence-corrected chi connectivity index (χ3v) is 6.09. The Balaban J connectivity index is 1.75. The van der Waals surface area contributed by atoms with Crippen LogP contribution in [0.1, 0.15) is 18.4 Å². The van der Waals surface area contributed by atoms with E-state index in [9.17, 15) is 8.42 Å². The topological polar surface area (TPSA) is 58.6 Å². The fourth-order valence-electron chi connectivity index (χ4n) is 3.02. The van der Waals surface area contributed by atoms with E-state index < -0.39 is 10.0 Å². The normalized spacial score (nSPS) is 22.1. The fraction of sp³-hybridized carbons (Fsp3) is 0.600. The van der Waals surface area contributed by atoms with Crippen molar-refractivity contribution in [2.45, 2.75) is 24.2 Å². The predicted molar refractivity (Wildman–Crippen MR) is 82.0 cm³/mol. The first-order valence-electron chi connectivity index (χ1n) is 7.48. The number of nitrogens with zero attached hydrogens (tertiary/aromatic N) is 1. The molecule has 0 aromatic heterocycles. The van der Waals surface area contributed by atoms with Crippen LogP contribution in [0.2, 0.25) is 0 Å². The maximum Gasteiger partial charge on any atom is 0.242 e. The minimum absolute atomic E-state index is 0.297. The lowest BCUT2D eigenvalue weighted by molar-refractivity contribution is 0.0495. The highest BCUT2D eigenvalue weighted by atomic mass is 32.2. The van der Waals surface area contributed by atoms with Crippen LogP contribution >= 0.6 is 0 Å². The standard InChI is InChI=1S/C15H22N2O3S/c1-17(10-12-3-2-8-20-11-12)21(18,19)14-5-4-13-6-7-16-15(13)9-14/h4-5,9,12,16H,2-3,6-8,10-11H2,1H3. The lowest BCUT2D eigenvalue weighted by atomic mass is 10.0. The molecular formula is C15H22N2O3S. The lowest BCUT2D eigenvalue weighted by Crippen LogP contribution is -2.35. The van der Waals surface area contributed by atoms with Gasteiger partial charge in [-0.05, 0) is 42.9 Å². The molecule has 5 nitrogen and oxygen atoms in total. The number of rotatable bonds is 4. The van der Waals surface area contributed by atoms with Crippen molar-refractivity contribution in [1.82, 2.24) is 4.31 Å². The second kappa shape index (κ2) is 5.94. The zero-order valence-electron chi connectivity index (χ0n) is 12.3. The van der Waals surface area contributed by atoms with Gasteiger partial charge in [0.05, 0.1) is 11.5 Å². The van der Waals surface area contributed by atoms with E-state index in [1.807, 2.05) is 6.07 Å². The van der Waals surface area contributed by atoms with E-state index in [1.165, 1.54) is 9.87 Å². The average Bonchev–Trinajstić information content (AvgIpc) is 2.95. The van der Waals surface area contributed by atoms with Gasteiger partial charge in [0.1, 0.15) is 0 Å². The van der Waals surface area contributed by atoms with Crippen molar-refractivity contribution in [3.63, 3.8) is 0 Å². The molecule has 0 radical (unpaired) electrons. The van der Waals surface area contributed by atoms with Gasteiger partial charge in [-0.15, -0.1) is 0 Å².